The smallest absolute Gasteiger partial charge is 0.191 e. The van der Waals surface area contributed by atoms with Gasteiger partial charge in [0.2, 0.25) is 0 Å². The molecule has 0 spiro atoms. The van der Waals surface area contributed by atoms with E-state index in [0.717, 1.165) is 24.2 Å². The number of nitrogens with zero attached hydrogens (tertiary/aromatic N) is 7. The molecule has 2 rings (SSSR count). The number of hydrogen-bond donors (Lipinski definition) is 1. The zero-order chi connectivity index (χ0) is 21.3. The van der Waals surface area contributed by atoms with Crippen LogP contribution in [0.1, 0.15) is 78.3 Å². The van der Waals surface area contributed by atoms with Crippen molar-refractivity contribution in [2.75, 3.05) is 5.73 Å². The first-order chi connectivity index (χ1) is 12.9. The number of anilines is 1. The van der Waals surface area contributed by atoms with Gasteiger partial charge >= 0.3 is 0 Å². The van der Waals surface area contributed by atoms with Gasteiger partial charge in [-0.3, -0.25) is 4.68 Å². The average Bonchev–Trinajstić information content (AvgIpc) is 3.08. The Morgan fingerprint density at radius 1 is 1.04 bits per heavy atom. The first kappa shape index (κ1) is 21.6. The van der Waals surface area contributed by atoms with Crippen molar-refractivity contribution in [2.45, 2.75) is 78.7 Å². The summed E-state index contributed by atoms with van der Waals surface area (Å²) in [4.78, 5) is 0. The SMILES string of the molecule is CCCCn1nc(C(C)(C)C)c(C#N)c1N=Nc1c(C(C)(C)C)nn(C)c1N. The Labute approximate surface area is 167 Å². The Hall–Kier alpha value is -2.69. The Balaban J connectivity index is 2.63. The van der Waals surface area contributed by atoms with Crippen molar-refractivity contribution >= 4 is 17.3 Å². The number of nitrogen functional groups attached to an aromatic ring is 1. The second-order valence-corrected chi connectivity index (χ2v) is 9.14. The fourth-order valence-electron chi connectivity index (χ4n) is 2.87. The predicted molar refractivity (Wildman–Crippen MR) is 111 cm³/mol. The van der Waals surface area contributed by atoms with Crippen LogP contribution in [0.4, 0.5) is 17.3 Å². The van der Waals surface area contributed by atoms with Crippen molar-refractivity contribution in [3.8, 4) is 6.07 Å². The molecule has 2 aromatic rings. The molecule has 2 heterocycles. The van der Waals surface area contributed by atoms with Crippen LogP contribution in [0, 0.1) is 11.3 Å². The monoisotopic (exact) mass is 384 g/mol. The van der Waals surface area contributed by atoms with E-state index in [4.69, 9.17) is 5.73 Å². The highest BCUT2D eigenvalue weighted by Gasteiger charge is 2.28. The molecule has 28 heavy (non-hydrogen) atoms. The zero-order valence-corrected chi connectivity index (χ0v) is 18.3. The summed E-state index contributed by atoms with van der Waals surface area (Å²) in [7, 11) is 1.79. The van der Waals surface area contributed by atoms with Gasteiger partial charge in [0.05, 0.1) is 11.4 Å². The third-order valence-corrected chi connectivity index (χ3v) is 4.49. The molecule has 0 aliphatic carbocycles. The van der Waals surface area contributed by atoms with Crippen molar-refractivity contribution in [3.63, 3.8) is 0 Å². The van der Waals surface area contributed by atoms with E-state index < -0.39 is 0 Å². The molecule has 8 nitrogen and oxygen atoms in total. The van der Waals surface area contributed by atoms with Crippen molar-refractivity contribution in [1.82, 2.24) is 19.6 Å². The van der Waals surface area contributed by atoms with Crippen LogP contribution < -0.4 is 5.73 Å². The van der Waals surface area contributed by atoms with Crippen LogP contribution in [0.15, 0.2) is 10.2 Å². The van der Waals surface area contributed by atoms with E-state index in [1.807, 2.05) is 20.8 Å². The molecule has 0 amide bonds. The number of nitriles is 1. The van der Waals surface area contributed by atoms with Gasteiger partial charge in [-0.15, -0.1) is 10.2 Å². The van der Waals surface area contributed by atoms with Crippen molar-refractivity contribution in [3.05, 3.63) is 17.0 Å². The average molecular weight is 385 g/mol. The molecule has 0 radical (unpaired) electrons. The Morgan fingerprint density at radius 3 is 2.14 bits per heavy atom. The van der Waals surface area contributed by atoms with Crippen LogP contribution in [-0.2, 0) is 24.4 Å². The van der Waals surface area contributed by atoms with E-state index in [1.165, 1.54) is 0 Å². The quantitative estimate of drug-likeness (QED) is 0.740. The molecule has 0 aliphatic rings. The van der Waals surface area contributed by atoms with Crippen LogP contribution in [0.5, 0.6) is 0 Å². The summed E-state index contributed by atoms with van der Waals surface area (Å²) < 4.78 is 3.39. The van der Waals surface area contributed by atoms with Crippen LogP contribution in [0.25, 0.3) is 0 Å². The summed E-state index contributed by atoms with van der Waals surface area (Å²) in [6.45, 7) is 15.1. The van der Waals surface area contributed by atoms with Crippen molar-refractivity contribution < 1.29 is 0 Å². The second kappa shape index (κ2) is 7.74. The molecular formula is C20H32N8. The van der Waals surface area contributed by atoms with Gasteiger partial charge in [-0.25, -0.2) is 4.68 Å². The largest absolute Gasteiger partial charge is 0.382 e. The molecular weight excluding hydrogens is 352 g/mol. The Morgan fingerprint density at radius 2 is 1.64 bits per heavy atom. The number of unbranched alkanes of at least 4 members (excludes halogenated alkanes) is 1. The van der Waals surface area contributed by atoms with Gasteiger partial charge < -0.3 is 5.73 Å². The highest BCUT2D eigenvalue weighted by Crippen LogP contribution is 2.37. The summed E-state index contributed by atoms with van der Waals surface area (Å²) in [5, 5.41) is 27.9. The van der Waals surface area contributed by atoms with Gasteiger partial charge in [0, 0.05) is 24.4 Å². The molecule has 2 aromatic heterocycles. The number of rotatable bonds is 5. The molecule has 0 bridgehead atoms. The first-order valence-electron chi connectivity index (χ1n) is 9.67. The van der Waals surface area contributed by atoms with Gasteiger partial charge in [-0.1, -0.05) is 54.9 Å². The highest BCUT2D eigenvalue weighted by atomic mass is 15.4. The van der Waals surface area contributed by atoms with E-state index in [0.29, 0.717) is 29.4 Å². The van der Waals surface area contributed by atoms with Gasteiger partial charge in [-0.05, 0) is 6.42 Å². The van der Waals surface area contributed by atoms with Crippen LogP contribution in [0.2, 0.25) is 0 Å². The molecule has 0 fully saturated rings. The Kier molecular flexibility index (Phi) is 5.97. The predicted octanol–water partition coefficient (Wildman–Crippen LogP) is 4.88. The zero-order valence-electron chi connectivity index (χ0n) is 18.3. The maximum Gasteiger partial charge on any atom is 0.191 e. The van der Waals surface area contributed by atoms with Gasteiger partial charge in [0.1, 0.15) is 17.5 Å². The van der Waals surface area contributed by atoms with Crippen LogP contribution in [0.3, 0.4) is 0 Å². The maximum atomic E-state index is 9.79. The summed E-state index contributed by atoms with van der Waals surface area (Å²) in [5.74, 6) is 0.923. The molecule has 2 N–H and O–H groups in total. The molecule has 0 unspecified atom stereocenters. The normalized spacial score (nSPS) is 12.7. The summed E-state index contributed by atoms with van der Waals surface area (Å²) >= 11 is 0. The summed E-state index contributed by atoms with van der Waals surface area (Å²) in [6.07, 6.45) is 1.97. The molecule has 0 saturated heterocycles. The summed E-state index contributed by atoms with van der Waals surface area (Å²) in [5.41, 5.74) is 8.19. The lowest BCUT2D eigenvalue weighted by molar-refractivity contribution is 0.520. The minimum Gasteiger partial charge on any atom is -0.382 e. The number of aromatic nitrogens is 4. The number of aryl methyl sites for hydroxylation is 2. The fraction of sp³-hybridized carbons (Fsp3) is 0.650. The van der Waals surface area contributed by atoms with Gasteiger partial charge in [0.25, 0.3) is 0 Å². The first-order valence-corrected chi connectivity index (χ1v) is 9.67. The molecule has 0 aliphatic heterocycles. The number of nitrogens with two attached hydrogens (primary N) is 1. The van der Waals surface area contributed by atoms with E-state index in [1.54, 1.807) is 16.4 Å². The molecule has 0 aromatic carbocycles. The second-order valence-electron chi connectivity index (χ2n) is 9.14. The van der Waals surface area contributed by atoms with Crippen molar-refractivity contribution in [2.24, 2.45) is 17.3 Å². The lowest BCUT2D eigenvalue weighted by Gasteiger charge is -2.15. The van der Waals surface area contributed by atoms with Crippen molar-refractivity contribution in [1.29, 1.82) is 5.26 Å². The molecule has 0 atom stereocenters. The lowest BCUT2D eigenvalue weighted by Crippen LogP contribution is -2.14. The minimum atomic E-state index is -0.267. The number of hydrogen-bond acceptors (Lipinski definition) is 6. The summed E-state index contributed by atoms with van der Waals surface area (Å²) in [6, 6.07) is 2.28. The van der Waals surface area contributed by atoms with Crippen LogP contribution in [-0.4, -0.2) is 19.6 Å². The van der Waals surface area contributed by atoms with E-state index >= 15 is 0 Å². The molecule has 8 heteroatoms. The van der Waals surface area contributed by atoms with Gasteiger partial charge in [0.15, 0.2) is 11.5 Å². The third-order valence-electron chi connectivity index (χ3n) is 4.49. The van der Waals surface area contributed by atoms with E-state index in [-0.39, 0.29) is 10.8 Å². The lowest BCUT2D eigenvalue weighted by atomic mass is 9.90. The fourth-order valence-corrected chi connectivity index (χ4v) is 2.87. The molecule has 152 valence electrons. The maximum absolute atomic E-state index is 9.79. The van der Waals surface area contributed by atoms with Gasteiger partial charge in [-0.2, -0.15) is 15.5 Å². The third kappa shape index (κ3) is 4.24. The van der Waals surface area contributed by atoms with Crippen LogP contribution >= 0.6 is 0 Å². The van der Waals surface area contributed by atoms with E-state index in [9.17, 15) is 5.26 Å². The van der Waals surface area contributed by atoms with E-state index in [2.05, 4.69) is 54.2 Å². The topological polar surface area (TPSA) is 110 Å². The minimum absolute atomic E-state index is 0.235. The molecule has 0 saturated carbocycles. The standard InChI is InChI=1S/C20H32N8/c1-9-10-11-28-18(13(12-21)15(26-28)19(2,3)4)24-23-14-16(20(5,6)7)25-27(8)17(14)22/h9-11,22H2,1-8H3. The Bertz CT molecular complexity index is 910. The highest BCUT2D eigenvalue weighted by molar-refractivity contribution is 5.63. The number of azo groups is 1.